The second-order valence-corrected chi connectivity index (χ2v) is 9.62. The molecule has 1 fully saturated rings. The van der Waals surface area contributed by atoms with Gasteiger partial charge in [0.25, 0.3) is 5.89 Å². The molecule has 11 nitrogen and oxygen atoms in total. The van der Waals surface area contributed by atoms with Crippen LogP contribution in [0.1, 0.15) is 37.4 Å². The van der Waals surface area contributed by atoms with E-state index in [-0.39, 0.29) is 16.7 Å². The molecule has 0 aliphatic carbocycles. The molecule has 2 aromatic heterocycles. The molecule has 1 aliphatic rings. The Kier molecular flexibility index (Phi) is 6.38. The van der Waals surface area contributed by atoms with E-state index in [4.69, 9.17) is 9.15 Å². The average molecular weight is 473 g/mol. The topological polar surface area (TPSA) is 140 Å². The van der Waals surface area contributed by atoms with Crippen LogP contribution in [0.5, 0.6) is 5.75 Å². The fourth-order valence-corrected chi connectivity index (χ4v) is 5.14. The lowest BCUT2D eigenvalue weighted by Gasteiger charge is -2.29. The van der Waals surface area contributed by atoms with Crippen molar-refractivity contribution in [2.75, 3.05) is 25.5 Å². The highest BCUT2D eigenvalue weighted by Crippen LogP contribution is 2.33. The second-order valence-electron chi connectivity index (χ2n) is 7.69. The number of anilines is 1. The zero-order valence-electron chi connectivity index (χ0n) is 18.5. The number of piperidine rings is 1. The molecule has 3 aromatic rings. The van der Waals surface area contributed by atoms with Gasteiger partial charge in [-0.1, -0.05) is 0 Å². The minimum atomic E-state index is -3.75. The quantitative estimate of drug-likeness (QED) is 0.572. The van der Waals surface area contributed by atoms with Gasteiger partial charge in [-0.2, -0.15) is 4.31 Å². The van der Waals surface area contributed by atoms with E-state index in [1.807, 2.05) is 0 Å². The van der Waals surface area contributed by atoms with Crippen molar-refractivity contribution in [1.29, 1.82) is 0 Å². The summed E-state index contributed by atoms with van der Waals surface area (Å²) in [6.07, 6.45) is 4.33. The van der Waals surface area contributed by atoms with E-state index in [0.717, 1.165) is 0 Å². The molecule has 1 aliphatic heterocycles. The Balaban J connectivity index is 1.46. The van der Waals surface area contributed by atoms with E-state index in [1.165, 1.54) is 36.5 Å². The Hall–Kier alpha value is -3.38. The number of carbonyl (C=O) groups excluding carboxylic acids is 1. The smallest absolute Gasteiger partial charge is 0.250 e. The highest BCUT2D eigenvalue weighted by molar-refractivity contribution is 7.89. The van der Waals surface area contributed by atoms with E-state index in [1.54, 1.807) is 19.3 Å². The Labute approximate surface area is 191 Å². The predicted octanol–water partition coefficient (Wildman–Crippen LogP) is 2.37. The van der Waals surface area contributed by atoms with E-state index in [9.17, 15) is 13.2 Å². The molecule has 0 atom stereocenters. The van der Waals surface area contributed by atoms with Crippen molar-refractivity contribution in [2.45, 2.75) is 37.5 Å². The van der Waals surface area contributed by atoms with Gasteiger partial charge in [0.1, 0.15) is 11.6 Å². The monoisotopic (exact) mass is 472 g/mol. The van der Waals surface area contributed by atoms with Crippen LogP contribution in [0.2, 0.25) is 0 Å². The number of nitrogens with zero attached hydrogens (tertiary/aromatic N) is 5. The standard InChI is InChI=1S/C21H24N6O5S/c1-13-22-11-16(12-23-13)21-26-25-20(32-21)15-6-8-27(9-7-15)33(29,30)17-4-5-19(31-3)18(10-17)24-14(2)28/h4-5,10-12,15H,6-9H2,1-3H3,(H,24,28). The first-order valence-corrected chi connectivity index (χ1v) is 11.8. The Morgan fingerprint density at radius 1 is 1.18 bits per heavy atom. The van der Waals surface area contributed by atoms with Gasteiger partial charge in [0.2, 0.25) is 21.8 Å². The lowest BCUT2D eigenvalue weighted by Crippen LogP contribution is -2.38. The van der Waals surface area contributed by atoms with Crippen molar-refractivity contribution in [3.8, 4) is 17.2 Å². The van der Waals surface area contributed by atoms with E-state index < -0.39 is 10.0 Å². The van der Waals surface area contributed by atoms with Crippen molar-refractivity contribution in [1.82, 2.24) is 24.5 Å². The number of amides is 1. The second kappa shape index (κ2) is 9.24. The number of nitrogens with one attached hydrogen (secondary N) is 1. The zero-order valence-corrected chi connectivity index (χ0v) is 19.3. The van der Waals surface area contributed by atoms with Crippen LogP contribution in [-0.4, -0.2) is 59.0 Å². The molecule has 174 valence electrons. The summed E-state index contributed by atoms with van der Waals surface area (Å²) in [5.41, 5.74) is 0.938. The fraction of sp³-hybridized carbons (Fsp3) is 0.381. The summed E-state index contributed by atoms with van der Waals surface area (Å²) in [6.45, 7) is 3.75. The highest BCUT2D eigenvalue weighted by Gasteiger charge is 2.32. The molecule has 1 N–H and O–H groups in total. The summed E-state index contributed by atoms with van der Waals surface area (Å²) >= 11 is 0. The normalized spacial score (nSPS) is 15.4. The van der Waals surface area contributed by atoms with Crippen LogP contribution in [0, 0.1) is 6.92 Å². The van der Waals surface area contributed by atoms with E-state index in [0.29, 0.717) is 60.5 Å². The first-order valence-electron chi connectivity index (χ1n) is 10.4. The number of rotatable bonds is 6. The van der Waals surface area contributed by atoms with Gasteiger partial charge in [0, 0.05) is 38.3 Å². The number of aromatic nitrogens is 4. The molecule has 1 aromatic carbocycles. The summed E-state index contributed by atoms with van der Waals surface area (Å²) in [5, 5.41) is 10.8. The van der Waals surface area contributed by atoms with Crippen molar-refractivity contribution in [2.24, 2.45) is 0 Å². The van der Waals surface area contributed by atoms with Gasteiger partial charge in [-0.3, -0.25) is 4.79 Å². The van der Waals surface area contributed by atoms with Crippen molar-refractivity contribution >= 4 is 21.6 Å². The van der Waals surface area contributed by atoms with Crippen LogP contribution in [0.3, 0.4) is 0 Å². The third-order valence-electron chi connectivity index (χ3n) is 5.39. The van der Waals surface area contributed by atoms with Crippen molar-refractivity contribution in [3.05, 3.63) is 42.3 Å². The number of hydrogen-bond acceptors (Lipinski definition) is 9. The van der Waals surface area contributed by atoms with Gasteiger partial charge in [-0.05, 0) is 38.0 Å². The lowest BCUT2D eigenvalue weighted by molar-refractivity contribution is -0.114. The van der Waals surface area contributed by atoms with Crippen LogP contribution in [-0.2, 0) is 14.8 Å². The zero-order chi connectivity index (χ0) is 23.6. The van der Waals surface area contributed by atoms with Gasteiger partial charge >= 0.3 is 0 Å². The number of carbonyl (C=O) groups is 1. The van der Waals surface area contributed by atoms with Gasteiger partial charge in [-0.25, -0.2) is 18.4 Å². The maximum atomic E-state index is 13.2. The number of methoxy groups -OCH3 is 1. The molecule has 33 heavy (non-hydrogen) atoms. The molecule has 4 rings (SSSR count). The molecular weight excluding hydrogens is 448 g/mol. The van der Waals surface area contributed by atoms with Gasteiger partial charge < -0.3 is 14.5 Å². The molecule has 3 heterocycles. The van der Waals surface area contributed by atoms with Crippen LogP contribution >= 0.6 is 0 Å². The van der Waals surface area contributed by atoms with Crippen molar-refractivity contribution < 1.29 is 22.4 Å². The Morgan fingerprint density at radius 3 is 2.52 bits per heavy atom. The minimum absolute atomic E-state index is 0.0464. The van der Waals surface area contributed by atoms with Gasteiger partial charge in [0.05, 0.1) is 23.3 Å². The maximum Gasteiger partial charge on any atom is 0.250 e. The molecular formula is C21H24N6O5S. The third-order valence-corrected chi connectivity index (χ3v) is 7.29. The number of ether oxygens (including phenoxy) is 1. The molecule has 1 saturated heterocycles. The molecule has 0 spiro atoms. The van der Waals surface area contributed by atoms with Crippen LogP contribution in [0.4, 0.5) is 5.69 Å². The summed E-state index contributed by atoms with van der Waals surface area (Å²) in [4.78, 5) is 19.8. The lowest BCUT2D eigenvalue weighted by atomic mass is 9.98. The molecule has 12 heteroatoms. The first-order chi connectivity index (χ1) is 15.8. The number of benzene rings is 1. The van der Waals surface area contributed by atoms with Gasteiger partial charge in [0.15, 0.2) is 0 Å². The predicted molar refractivity (Wildman–Crippen MR) is 118 cm³/mol. The minimum Gasteiger partial charge on any atom is -0.495 e. The van der Waals surface area contributed by atoms with Crippen LogP contribution in [0.25, 0.3) is 11.5 Å². The molecule has 0 radical (unpaired) electrons. The highest BCUT2D eigenvalue weighted by atomic mass is 32.2. The van der Waals surface area contributed by atoms with E-state index in [2.05, 4.69) is 25.5 Å². The Morgan fingerprint density at radius 2 is 1.88 bits per heavy atom. The summed E-state index contributed by atoms with van der Waals surface area (Å²) in [6, 6.07) is 4.41. The molecule has 0 bridgehead atoms. The van der Waals surface area contributed by atoms with Crippen LogP contribution < -0.4 is 10.1 Å². The molecule has 1 amide bonds. The third kappa shape index (κ3) is 4.86. The molecule has 0 saturated carbocycles. The number of sulfonamides is 1. The van der Waals surface area contributed by atoms with Crippen molar-refractivity contribution in [3.63, 3.8) is 0 Å². The average Bonchev–Trinajstić information content (AvgIpc) is 3.29. The molecule has 0 unspecified atom stereocenters. The van der Waals surface area contributed by atoms with Gasteiger partial charge in [-0.15, -0.1) is 10.2 Å². The fourth-order valence-electron chi connectivity index (χ4n) is 3.65. The Bertz CT molecular complexity index is 1250. The summed E-state index contributed by atoms with van der Waals surface area (Å²) in [5.74, 6) is 1.47. The number of hydrogen-bond donors (Lipinski definition) is 1. The van der Waals surface area contributed by atoms with Crippen LogP contribution in [0.15, 0.2) is 39.9 Å². The summed E-state index contributed by atoms with van der Waals surface area (Å²) < 4.78 is 38.8. The SMILES string of the molecule is COc1ccc(S(=O)(=O)N2CCC(c3nnc(-c4cnc(C)nc4)o3)CC2)cc1NC(C)=O. The largest absolute Gasteiger partial charge is 0.495 e. The number of aryl methyl sites for hydroxylation is 1. The summed E-state index contributed by atoms with van der Waals surface area (Å²) in [7, 11) is -2.30. The van der Waals surface area contributed by atoms with E-state index >= 15 is 0 Å². The maximum absolute atomic E-state index is 13.2. The first kappa shape index (κ1) is 22.8.